The van der Waals surface area contributed by atoms with Gasteiger partial charge in [0.2, 0.25) is 0 Å². The molecule has 19 heavy (non-hydrogen) atoms. The van der Waals surface area contributed by atoms with E-state index in [-0.39, 0.29) is 0 Å². The van der Waals surface area contributed by atoms with E-state index in [1.807, 2.05) is 6.92 Å². The zero-order chi connectivity index (χ0) is 13.5. The first kappa shape index (κ1) is 14.1. The first-order valence-electron chi connectivity index (χ1n) is 7.64. The van der Waals surface area contributed by atoms with Gasteiger partial charge in [0.25, 0.3) is 0 Å². The molecule has 1 aliphatic heterocycles. The van der Waals surface area contributed by atoms with Crippen LogP contribution >= 0.6 is 0 Å². The smallest absolute Gasteiger partial charge is 0.134 e. The molecule has 0 aliphatic carbocycles. The zero-order valence-corrected chi connectivity index (χ0v) is 12.3. The first-order valence-corrected chi connectivity index (χ1v) is 7.64. The Balaban J connectivity index is 2.10. The number of hydrogen-bond donors (Lipinski definition) is 1. The number of nitrogens with zero attached hydrogens (tertiary/aromatic N) is 3. The zero-order valence-electron chi connectivity index (χ0n) is 12.3. The van der Waals surface area contributed by atoms with Gasteiger partial charge in [0.1, 0.15) is 17.5 Å². The van der Waals surface area contributed by atoms with Crippen LogP contribution in [0.5, 0.6) is 0 Å². The molecule has 1 N–H and O–H groups in total. The maximum absolute atomic E-state index is 4.61. The Hall–Kier alpha value is -1.32. The van der Waals surface area contributed by atoms with Gasteiger partial charge < -0.3 is 10.2 Å². The van der Waals surface area contributed by atoms with Crippen LogP contribution in [-0.2, 0) is 0 Å². The van der Waals surface area contributed by atoms with Crippen molar-refractivity contribution in [1.82, 2.24) is 9.97 Å². The third-order valence-electron chi connectivity index (χ3n) is 3.56. The lowest BCUT2D eigenvalue weighted by Crippen LogP contribution is -2.28. The van der Waals surface area contributed by atoms with Crippen LogP contribution in [0.25, 0.3) is 0 Å². The van der Waals surface area contributed by atoms with Crippen molar-refractivity contribution >= 4 is 11.6 Å². The molecule has 2 heterocycles. The van der Waals surface area contributed by atoms with Gasteiger partial charge in [-0.1, -0.05) is 26.2 Å². The van der Waals surface area contributed by atoms with Gasteiger partial charge in [0.15, 0.2) is 0 Å². The van der Waals surface area contributed by atoms with Crippen LogP contribution in [0, 0.1) is 6.92 Å². The predicted molar refractivity (Wildman–Crippen MR) is 80.8 cm³/mol. The summed E-state index contributed by atoms with van der Waals surface area (Å²) in [5, 5.41) is 3.36. The molecule has 0 unspecified atom stereocenters. The van der Waals surface area contributed by atoms with Gasteiger partial charge in [-0.2, -0.15) is 0 Å². The fraction of sp³-hybridized carbons (Fsp3) is 0.733. The molecule has 4 heteroatoms. The second-order valence-corrected chi connectivity index (χ2v) is 5.34. The fourth-order valence-electron chi connectivity index (χ4n) is 2.53. The van der Waals surface area contributed by atoms with Crippen molar-refractivity contribution in [2.75, 3.05) is 29.9 Å². The molecule has 4 nitrogen and oxygen atoms in total. The minimum absolute atomic E-state index is 0.859. The molecule has 0 spiro atoms. The number of aromatic nitrogens is 2. The highest BCUT2D eigenvalue weighted by molar-refractivity contribution is 5.49. The van der Waals surface area contributed by atoms with Crippen molar-refractivity contribution in [1.29, 1.82) is 0 Å². The van der Waals surface area contributed by atoms with Crippen molar-refractivity contribution < 1.29 is 0 Å². The molecule has 0 saturated carbocycles. The van der Waals surface area contributed by atoms with Crippen molar-refractivity contribution in [3.05, 3.63) is 11.9 Å². The Bertz CT molecular complexity index is 384. The summed E-state index contributed by atoms with van der Waals surface area (Å²) in [7, 11) is 0. The second kappa shape index (κ2) is 7.31. The van der Waals surface area contributed by atoms with E-state index in [9.17, 15) is 0 Å². The Labute approximate surface area is 116 Å². The molecule has 0 radical (unpaired) electrons. The van der Waals surface area contributed by atoms with E-state index in [4.69, 9.17) is 0 Å². The molecule has 0 atom stereocenters. The van der Waals surface area contributed by atoms with E-state index in [1.165, 1.54) is 32.1 Å². The molecule has 0 bridgehead atoms. The van der Waals surface area contributed by atoms with Crippen molar-refractivity contribution in [3.63, 3.8) is 0 Å². The van der Waals surface area contributed by atoms with Gasteiger partial charge >= 0.3 is 0 Å². The molecular formula is C15H26N4. The normalized spacial score (nSPS) is 16.8. The largest absolute Gasteiger partial charge is 0.370 e. The van der Waals surface area contributed by atoms with Crippen molar-refractivity contribution in [2.45, 2.75) is 52.4 Å². The third kappa shape index (κ3) is 4.37. The summed E-state index contributed by atoms with van der Waals surface area (Å²) >= 11 is 0. The Morgan fingerprint density at radius 2 is 1.79 bits per heavy atom. The number of rotatable bonds is 4. The average Bonchev–Trinajstić information content (AvgIpc) is 2.35. The van der Waals surface area contributed by atoms with E-state index in [2.05, 4.69) is 33.2 Å². The van der Waals surface area contributed by atoms with Crippen LogP contribution in [0.4, 0.5) is 11.6 Å². The van der Waals surface area contributed by atoms with E-state index < -0.39 is 0 Å². The highest BCUT2D eigenvalue weighted by Gasteiger charge is 2.12. The van der Waals surface area contributed by atoms with Gasteiger partial charge in [0, 0.05) is 25.7 Å². The number of nitrogens with one attached hydrogen (secondary N) is 1. The lowest BCUT2D eigenvalue weighted by Gasteiger charge is -2.26. The maximum atomic E-state index is 4.61. The van der Waals surface area contributed by atoms with Crippen molar-refractivity contribution in [2.24, 2.45) is 0 Å². The Kier molecular flexibility index (Phi) is 5.43. The van der Waals surface area contributed by atoms with Crippen LogP contribution < -0.4 is 10.2 Å². The van der Waals surface area contributed by atoms with Crippen LogP contribution in [0.2, 0.25) is 0 Å². The Morgan fingerprint density at radius 3 is 2.47 bits per heavy atom. The van der Waals surface area contributed by atoms with Crippen LogP contribution in [0.15, 0.2) is 6.07 Å². The Morgan fingerprint density at radius 1 is 1.11 bits per heavy atom. The summed E-state index contributed by atoms with van der Waals surface area (Å²) in [4.78, 5) is 11.5. The standard InChI is InChI=1S/C15H26N4/c1-3-9-16-14-12-15(18-13(2)17-14)19-10-7-5-4-6-8-11-19/h12H,3-11H2,1-2H3,(H,16,17,18). The van der Waals surface area contributed by atoms with Crippen molar-refractivity contribution in [3.8, 4) is 0 Å². The number of hydrogen-bond acceptors (Lipinski definition) is 4. The minimum Gasteiger partial charge on any atom is -0.370 e. The van der Waals surface area contributed by atoms with Gasteiger partial charge in [-0.15, -0.1) is 0 Å². The fourth-order valence-corrected chi connectivity index (χ4v) is 2.53. The van der Waals surface area contributed by atoms with Gasteiger partial charge in [-0.25, -0.2) is 9.97 Å². The molecule has 1 aromatic rings. The number of aryl methyl sites for hydroxylation is 1. The van der Waals surface area contributed by atoms with Gasteiger partial charge in [0.05, 0.1) is 0 Å². The SMILES string of the molecule is CCCNc1cc(N2CCCCCCC2)nc(C)n1. The molecule has 106 valence electrons. The van der Waals surface area contributed by atoms with E-state index in [0.717, 1.165) is 43.5 Å². The lowest BCUT2D eigenvalue weighted by atomic mass is 10.1. The monoisotopic (exact) mass is 262 g/mol. The minimum atomic E-state index is 0.859. The molecule has 1 aliphatic rings. The highest BCUT2D eigenvalue weighted by Crippen LogP contribution is 2.19. The number of anilines is 2. The molecule has 1 aromatic heterocycles. The molecule has 0 aromatic carbocycles. The summed E-state index contributed by atoms with van der Waals surface area (Å²) in [6, 6.07) is 2.10. The summed E-state index contributed by atoms with van der Waals surface area (Å²) in [5.41, 5.74) is 0. The van der Waals surface area contributed by atoms with Gasteiger partial charge in [-0.05, 0) is 26.2 Å². The average molecular weight is 262 g/mol. The van der Waals surface area contributed by atoms with Crippen LogP contribution in [-0.4, -0.2) is 29.6 Å². The van der Waals surface area contributed by atoms with Gasteiger partial charge in [-0.3, -0.25) is 0 Å². The third-order valence-corrected chi connectivity index (χ3v) is 3.56. The lowest BCUT2D eigenvalue weighted by molar-refractivity contribution is 0.553. The molecule has 1 fully saturated rings. The van der Waals surface area contributed by atoms with Crippen LogP contribution in [0.1, 0.15) is 51.3 Å². The quantitative estimate of drug-likeness (QED) is 0.903. The summed E-state index contributed by atoms with van der Waals surface area (Å²) < 4.78 is 0. The molecule has 0 amide bonds. The maximum Gasteiger partial charge on any atom is 0.134 e. The van der Waals surface area contributed by atoms with Crippen LogP contribution in [0.3, 0.4) is 0 Å². The summed E-state index contributed by atoms with van der Waals surface area (Å²) in [6.45, 7) is 7.37. The topological polar surface area (TPSA) is 41.0 Å². The first-order chi connectivity index (χ1) is 9.29. The van der Waals surface area contributed by atoms with E-state index >= 15 is 0 Å². The van der Waals surface area contributed by atoms with E-state index in [0.29, 0.717) is 0 Å². The highest BCUT2D eigenvalue weighted by atomic mass is 15.2. The summed E-state index contributed by atoms with van der Waals surface area (Å²) in [5.74, 6) is 2.91. The molecule has 2 rings (SSSR count). The summed E-state index contributed by atoms with van der Waals surface area (Å²) in [6.07, 6.45) is 7.76. The predicted octanol–water partition coefficient (Wildman–Crippen LogP) is 3.38. The molecule has 1 saturated heterocycles. The van der Waals surface area contributed by atoms with E-state index in [1.54, 1.807) is 0 Å². The molecular weight excluding hydrogens is 236 g/mol. The second-order valence-electron chi connectivity index (χ2n) is 5.34.